The van der Waals surface area contributed by atoms with Gasteiger partial charge in [-0.05, 0) is 12.1 Å². The van der Waals surface area contributed by atoms with Gasteiger partial charge >= 0.3 is 0 Å². The molecule has 8 nitrogen and oxygen atoms in total. The van der Waals surface area contributed by atoms with Gasteiger partial charge in [0.15, 0.2) is 9.84 Å². The summed E-state index contributed by atoms with van der Waals surface area (Å²) >= 11 is 0. The predicted molar refractivity (Wildman–Crippen MR) is 98.3 cm³/mol. The van der Waals surface area contributed by atoms with Crippen LogP contribution in [0.3, 0.4) is 0 Å². The van der Waals surface area contributed by atoms with Gasteiger partial charge in [-0.25, -0.2) is 13.4 Å². The second-order valence-electron chi connectivity index (χ2n) is 6.93. The number of rotatable bonds is 4. The zero-order chi connectivity index (χ0) is 19.2. The van der Waals surface area contributed by atoms with E-state index in [2.05, 4.69) is 18.4 Å². The largest absolute Gasteiger partial charge is 0.365 e. The lowest BCUT2D eigenvalue weighted by Gasteiger charge is -2.29. The number of nitrogens with zero attached hydrogens (tertiary/aromatic N) is 4. The molecule has 0 atom stereocenters. The number of nitro groups is 1. The van der Waals surface area contributed by atoms with E-state index in [1.54, 1.807) is 6.07 Å². The normalized spacial score (nSPS) is 14.6. The van der Waals surface area contributed by atoms with Gasteiger partial charge in [0, 0.05) is 49.6 Å². The van der Waals surface area contributed by atoms with Crippen LogP contribution in [0.15, 0.2) is 23.1 Å². The van der Waals surface area contributed by atoms with Gasteiger partial charge in [0.05, 0.1) is 17.2 Å². The molecule has 1 aromatic heterocycles. The van der Waals surface area contributed by atoms with E-state index in [0.717, 1.165) is 24.2 Å². The van der Waals surface area contributed by atoms with Crippen molar-refractivity contribution in [1.82, 2.24) is 9.55 Å². The van der Waals surface area contributed by atoms with Crippen LogP contribution in [-0.2, 0) is 29.9 Å². The Morgan fingerprint density at radius 1 is 1.31 bits per heavy atom. The molecule has 0 N–H and O–H groups in total. The molecule has 0 aliphatic carbocycles. The fourth-order valence-corrected chi connectivity index (χ4v) is 4.29. The average Bonchev–Trinajstić information content (AvgIpc) is 2.90. The van der Waals surface area contributed by atoms with Crippen molar-refractivity contribution in [3.8, 4) is 0 Å². The van der Waals surface area contributed by atoms with Crippen LogP contribution in [0.1, 0.15) is 37.0 Å². The summed E-state index contributed by atoms with van der Waals surface area (Å²) in [6.07, 6.45) is 1.78. The number of aromatic nitrogens is 2. The smallest absolute Gasteiger partial charge is 0.288 e. The lowest BCUT2D eigenvalue weighted by molar-refractivity contribution is -0.387. The molecule has 9 heteroatoms. The molecule has 0 bridgehead atoms. The minimum Gasteiger partial charge on any atom is -0.365 e. The highest BCUT2D eigenvalue weighted by Gasteiger charge is 2.27. The summed E-state index contributed by atoms with van der Waals surface area (Å²) < 4.78 is 26.1. The Bertz CT molecular complexity index is 979. The number of benzene rings is 1. The van der Waals surface area contributed by atoms with E-state index in [4.69, 9.17) is 4.98 Å². The topological polar surface area (TPSA) is 98.3 Å². The molecule has 2 aromatic rings. The Hall–Kier alpha value is -2.42. The standard InChI is InChI=1S/C17H22N4O4S/c1-11(2)17-18-13-10-20(8-7-14(13)19(17)3)12-5-6-15(21(22)23)16(9-12)26(4,24)25/h5-6,9,11H,7-8,10H2,1-4H3. The Balaban J connectivity index is 1.99. The molecule has 0 unspecified atom stereocenters. The lowest BCUT2D eigenvalue weighted by Crippen LogP contribution is -2.31. The lowest BCUT2D eigenvalue weighted by atomic mass is 10.1. The summed E-state index contributed by atoms with van der Waals surface area (Å²) in [6, 6.07) is 4.26. The second-order valence-corrected chi connectivity index (χ2v) is 8.91. The highest BCUT2D eigenvalue weighted by molar-refractivity contribution is 7.90. The molecule has 2 heterocycles. The maximum absolute atomic E-state index is 12.0. The quantitative estimate of drug-likeness (QED) is 0.598. The van der Waals surface area contributed by atoms with Gasteiger partial charge in [0.1, 0.15) is 10.7 Å². The third-order valence-electron chi connectivity index (χ3n) is 4.71. The molecule has 3 rings (SSSR count). The third kappa shape index (κ3) is 3.18. The molecular weight excluding hydrogens is 356 g/mol. The first-order valence-corrected chi connectivity index (χ1v) is 10.3. The van der Waals surface area contributed by atoms with Crippen molar-refractivity contribution in [2.45, 2.75) is 37.6 Å². The van der Waals surface area contributed by atoms with Crippen molar-refractivity contribution in [3.05, 3.63) is 45.5 Å². The first-order valence-electron chi connectivity index (χ1n) is 8.37. The van der Waals surface area contributed by atoms with Crippen LogP contribution in [0, 0.1) is 10.1 Å². The van der Waals surface area contributed by atoms with Crippen LogP contribution < -0.4 is 4.90 Å². The molecule has 0 amide bonds. The number of sulfone groups is 1. The maximum Gasteiger partial charge on any atom is 0.288 e. The van der Waals surface area contributed by atoms with E-state index in [0.29, 0.717) is 24.7 Å². The van der Waals surface area contributed by atoms with Crippen LogP contribution in [0.25, 0.3) is 0 Å². The van der Waals surface area contributed by atoms with Gasteiger partial charge in [-0.3, -0.25) is 10.1 Å². The molecular formula is C17H22N4O4S. The van der Waals surface area contributed by atoms with Crippen molar-refractivity contribution in [2.24, 2.45) is 7.05 Å². The van der Waals surface area contributed by atoms with Gasteiger partial charge in [-0.1, -0.05) is 13.8 Å². The summed E-state index contributed by atoms with van der Waals surface area (Å²) in [6.45, 7) is 5.45. The molecule has 0 saturated carbocycles. The fraction of sp³-hybridized carbons (Fsp3) is 0.471. The minimum atomic E-state index is -3.70. The van der Waals surface area contributed by atoms with E-state index in [1.165, 1.54) is 17.8 Å². The Labute approximate surface area is 152 Å². The Morgan fingerprint density at radius 2 is 2.00 bits per heavy atom. The van der Waals surface area contributed by atoms with E-state index in [1.807, 2.05) is 11.9 Å². The third-order valence-corrected chi connectivity index (χ3v) is 5.84. The highest BCUT2D eigenvalue weighted by atomic mass is 32.2. The minimum absolute atomic E-state index is 0.255. The first kappa shape index (κ1) is 18.4. The van der Waals surface area contributed by atoms with Crippen molar-refractivity contribution < 1.29 is 13.3 Å². The van der Waals surface area contributed by atoms with Crippen LogP contribution in [0.4, 0.5) is 11.4 Å². The molecule has 0 spiro atoms. The molecule has 1 aliphatic heterocycles. The molecule has 26 heavy (non-hydrogen) atoms. The number of fused-ring (bicyclic) bond motifs is 1. The number of nitro benzene ring substituents is 1. The molecule has 0 radical (unpaired) electrons. The van der Waals surface area contributed by atoms with E-state index in [9.17, 15) is 18.5 Å². The average molecular weight is 378 g/mol. The van der Waals surface area contributed by atoms with Gasteiger partial charge in [-0.2, -0.15) is 0 Å². The van der Waals surface area contributed by atoms with E-state index < -0.39 is 20.4 Å². The van der Waals surface area contributed by atoms with Crippen molar-refractivity contribution in [1.29, 1.82) is 0 Å². The van der Waals surface area contributed by atoms with E-state index >= 15 is 0 Å². The summed E-state index contributed by atoms with van der Waals surface area (Å²) in [7, 11) is -1.68. The number of imidazole rings is 1. The highest BCUT2D eigenvalue weighted by Crippen LogP contribution is 2.32. The van der Waals surface area contributed by atoms with Gasteiger partial charge < -0.3 is 9.47 Å². The van der Waals surface area contributed by atoms with Gasteiger partial charge in [0.25, 0.3) is 5.69 Å². The molecule has 1 aliphatic rings. The zero-order valence-electron chi connectivity index (χ0n) is 15.3. The second kappa shape index (κ2) is 6.39. The number of hydrogen-bond acceptors (Lipinski definition) is 6. The number of hydrogen-bond donors (Lipinski definition) is 0. The summed E-state index contributed by atoms with van der Waals surface area (Å²) in [5, 5.41) is 11.1. The SMILES string of the molecule is CC(C)c1nc2c(n1C)CCN(c1ccc([N+](=O)[O-])c(S(C)(=O)=O)c1)C2. The predicted octanol–water partition coefficient (Wildman–Crippen LogP) is 2.42. The molecule has 0 fully saturated rings. The summed E-state index contributed by atoms with van der Waals surface area (Å²) in [4.78, 5) is 17.0. The van der Waals surface area contributed by atoms with Gasteiger partial charge in [-0.15, -0.1) is 0 Å². The van der Waals surface area contributed by atoms with Crippen LogP contribution in [0.5, 0.6) is 0 Å². The summed E-state index contributed by atoms with van der Waals surface area (Å²) in [5.41, 5.74) is 2.42. The van der Waals surface area contributed by atoms with Crippen LogP contribution in [-0.4, -0.2) is 35.7 Å². The van der Waals surface area contributed by atoms with Crippen molar-refractivity contribution >= 4 is 21.2 Å². The zero-order valence-corrected chi connectivity index (χ0v) is 16.1. The van der Waals surface area contributed by atoms with Crippen molar-refractivity contribution in [2.75, 3.05) is 17.7 Å². The van der Waals surface area contributed by atoms with Gasteiger partial charge in [0.2, 0.25) is 0 Å². The number of anilines is 1. The molecule has 140 valence electrons. The monoisotopic (exact) mass is 378 g/mol. The fourth-order valence-electron chi connectivity index (χ4n) is 3.43. The van der Waals surface area contributed by atoms with Crippen molar-refractivity contribution in [3.63, 3.8) is 0 Å². The molecule has 1 aromatic carbocycles. The Morgan fingerprint density at radius 3 is 2.58 bits per heavy atom. The van der Waals surface area contributed by atoms with E-state index in [-0.39, 0.29) is 4.90 Å². The van der Waals surface area contributed by atoms with Crippen LogP contribution in [0.2, 0.25) is 0 Å². The maximum atomic E-state index is 12.0. The first-order chi connectivity index (χ1) is 12.1. The summed E-state index contributed by atoms with van der Waals surface area (Å²) in [5.74, 6) is 1.34. The van der Waals surface area contributed by atoms with Crippen LogP contribution >= 0.6 is 0 Å². The Kier molecular flexibility index (Phi) is 4.51. The molecule has 0 saturated heterocycles.